The molecule has 1 aliphatic carbocycles. The summed E-state index contributed by atoms with van der Waals surface area (Å²) in [4.78, 5) is -0.199. The third-order valence-electron chi connectivity index (χ3n) is 4.32. The molecule has 2 aromatic rings. The van der Waals surface area contributed by atoms with Crippen molar-refractivity contribution in [2.75, 3.05) is 5.43 Å². The van der Waals surface area contributed by atoms with Crippen LogP contribution in [0.2, 0.25) is 0 Å². The van der Waals surface area contributed by atoms with E-state index in [1.165, 1.54) is 6.07 Å². The second-order valence-electron chi connectivity index (χ2n) is 6.01. The summed E-state index contributed by atoms with van der Waals surface area (Å²) in [6, 6.07) is 16.2. The zero-order valence-electron chi connectivity index (χ0n) is 13.9. The molecule has 2 aromatic carbocycles. The zero-order chi connectivity index (χ0) is 19.2. The lowest BCUT2D eigenvalue weighted by Crippen LogP contribution is -2.07. The first kappa shape index (κ1) is 17.2. The van der Waals surface area contributed by atoms with Crippen LogP contribution in [-0.2, 0) is 10.1 Å². The van der Waals surface area contributed by atoms with Gasteiger partial charge in [0.15, 0.2) is 0 Å². The lowest BCUT2D eigenvalue weighted by molar-refractivity contribution is 0.483. The third kappa shape index (κ3) is 2.95. The highest BCUT2D eigenvalue weighted by Gasteiger charge is 2.23. The van der Waals surface area contributed by atoms with Gasteiger partial charge in [0.05, 0.1) is 11.0 Å². The first-order valence-electron chi connectivity index (χ1n) is 7.97. The molecule has 0 saturated carbocycles. The molecule has 0 radical (unpaired) electrons. The summed E-state index contributed by atoms with van der Waals surface area (Å²) in [5.41, 5.74) is 5.17. The topological polar surface area (TPSA) is 129 Å². The summed E-state index contributed by atoms with van der Waals surface area (Å²) in [6.07, 6.45) is 0. The van der Waals surface area contributed by atoms with Crippen LogP contribution in [0.1, 0.15) is 0 Å². The Kier molecular flexibility index (Phi) is 3.96. The van der Waals surface area contributed by atoms with Gasteiger partial charge in [0, 0.05) is 34.2 Å². The minimum absolute atomic E-state index is 0.199. The molecule has 0 amide bonds. The van der Waals surface area contributed by atoms with Crippen molar-refractivity contribution in [2.45, 2.75) is 4.90 Å². The highest BCUT2D eigenvalue weighted by atomic mass is 32.2. The molecule has 7 nitrogen and oxygen atoms in total. The molecule has 0 atom stereocenters. The van der Waals surface area contributed by atoms with Crippen LogP contribution in [0.3, 0.4) is 0 Å². The van der Waals surface area contributed by atoms with Gasteiger partial charge in [-0.15, -0.1) is 0 Å². The highest BCUT2D eigenvalue weighted by molar-refractivity contribution is 7.86. The fourth-order valence-corrected chi connectivity index (χ4v) is 3.87. The molecule has 136 valence electrons. The maximum Gasteiger partial charge on any atom is 0.295 e. The lowest BCUT2D eigenvalue weighted by Gasteiger charge is -2.17. The predicted molar refractivity (Wildman–Crippen MR) is 102 cm³/mol. The standard InChI is InChI=1S/C19H15N3O4S/c20-11-5-7-13-16(9-11)26-17-10-12(22-21)6-8-14(17)19(13)15-3-1-2-4-18(15)27(23,24)25/h1-10,20,22H,21H2,(H,23,24,25). The van der Waals surface area contributed by atoms with Gasteiger partial charge in [-0.25, -0.2) is 0 Å². The third-order valence-corrected chi connectivity index (χ3v) is 5.23. The number of nitrogens with two attached hydrogens (primary N) is 1. The number of anilines is 1. The van der Waals surface area contributed by atoms with E-state index in [1.54, 1.807) is 54.6 Å². The van der Waals surface area contributed by atoms with Crippen LogP contribution in [0.4, 0.5) is 5.69 Å². The number of hydrogen-bond donors (Lipinski definition) is 4. The van der Waals surface area contributed by atoms with Crippen LogP contribution in [0.15, 0.2) is 70.0 Å². The summed E-state index contributed by atoms with van der Waals surface area (Å²) >= 11 is 0. The first-order chi connectivity index (χ1) is 12.9. The molecule has 8 heteroatoms. The Bertz CT molecular complexity index is 1310. The minimum Gasteiger partial charge on any atom is -0.456 e. The van der Waals surface area contributed by atoms with Crippen molar-refractivity contribution in [3.63, 3.8) is 0 Å². The quantitative estimate of drug-likeness (QED) is 0.187. The van der Waals surface area contributed by atoms with Gasteiger partial charge >= 0.3 is 0 Å². The molecule has 5 N–H and O–H groups in total. The maximum atomic E-state index is 11.9. The molecule has 0 spiro atoms. The number of rotatable bonds is 3. The molecule has 0 unspecified atom stereocenters. The van der Waals surface area contributed by atoms with E-state index in [0.29, 0.717) is 39.1 Å². The molecule has 0 fully saturated rings. The molecule has 0 aromatic heterocycles. The molecule has 0 bridgehead atoms. The van der Waals surface area contributed by atoms with Crippen molar-refractivity contribution in [3.05, 3.63) is 66.0 Å². The van der Waals surface area contributed by atoms with E-state index in [1.807, 2.05) is 0 Å². The van der Waals surface area contributed by atoms with E-state index < -0.39 is 10.1 Å². The largest absolute Gasteiger partial charge is 0.456 e. The van der Waals surface area contributed by atoms with Crippen molar-refractivity contribution < 1.29 is 17.4 Å². The van der Waals surface area contributed by atoms with Crippen molar-refractivity contribution in [1.82, 2.24) is 0 Å². The summed E-state index contributed by atoms with van der Waals surface area (Å²) < 4.78 is 39.5. The Hall–Kier alpha value is -3.20. The number of hydrogen-bond acceptors (Lipinski definition) is 6. The second kappa shape index (κ2) is 6.20. The van der Waals surface area contributed by atoms with Gasteiger partial charge in [0.25, 0.3) is 10.1 Å². The average Bonchev–Trinajstić information content (AvgIpc) is 2.64. The lowest BCUT2D eigenvalue weighted by atomic mass is 9.93. The Labute approximate surface area is 154 Å². The number of nitrogen functional groups attached to an aromatic ring is 1. The molecule has 0 saturated heterocycles. The smallest absolute Gasteiger partial charge is 0.295 e. The summed E-state index contributed by atoms with van der Waals surface area (Å²) in [6.45, 7) is 0. The number of hydrazine groups is 1. The van der Waals surface area contributed by atoms with E-state index in [2.05, 4.69) is 5.43 Å². The van der Waals surface area contributed by atoms with E-state index in [9.17, 15) is 13.0 Å². The van der Waals surface area contributed by atoms with E-state index in [0.717, 1.165) is 0 Å². The van der Waals surface area contributed by atoms with Gasteiger partial charge in [0.1, 0.15) is 16.2 Å². The van der Waals surface area contributed by atoms with E-state index in [-0.39, 0.29) is 10.3 Å². The number of nitrogens with one attached hydrogen (secondary N) is 2. The van der Waals surface area contributed by atoms with Crippen LogP contribution in [0.25, 0.3) is 33.4 Å². The van der Waals surface area contributed by atoms with Crippen LogP contribution in [0, 0.1) is 5.41 Å². The van der Waals surface area contributed by atoms with E-state index in [4.69, 9.17) is 15.7 Å². The van der Waals surface area contributed by atoms with Gasteiger partial charge in [-0.05, 0) is 30.3 Å². The Balaban J connectivity index is 2.21. The van der Waals surface area contributed by atoms with Gasteiger partial charge < -0.3 is 15.3 Å². The van der Waals surface area contributed by atoms with Crippen LogP contribution >= 0.6 is 0 Å². The molecule has 4 rings (SSSR count). The van der Waals surface area contributed by atoms with E-state index >= 15 is 0 Å². The van der Waals surface area contributed by atoms with Crippen LogP contribution in [0.5, 0.6) is 0 Å². The van der Waals surface area contributed by atoms with Crippen molar-refractivity contribution >= 4 is 26.8 Å². The van der Waals surface area contributed by atoms with Gasteiger partial charge in [0.2, 0.25) is 0 Å². The minimum atomic E-state index is -4.44. The Morgan fingerprint density at radius 1 is 1.00 bits per heavy atom. The first-order valence-corrected chi connectivity index (χ1v) is 9.41. The Morgan fingerprint density at radius 2 is 1.78 bits per heavy atom. The second-order valence-corrected chi connectivity index (χ2v) is 7.40. The summed E-state index contributed by atoms with van der Waals surface area (Å²) in [5, 5.41) is 8.76. The molecular weight excluding hydrogens is 366 g/mol. The van der Waals surface area contributed by atoms with Gasteiger partial charge in [-0.2, -0.15) is 8.42 Å². The van der Waals surface area contributed by atoms with Crippen LogP contribution in [-0.4, -0.2) is 13.0 Å². The van der Waals surface area contributed by atoms with Crippen LogP contribution < -0.4 is 16.6 Å². The zero-order valence-corrected chi connectivity index (χ0v) is 14.7. The summed E-state index contributed by atoms with van der Waals surface area (Å²) in [5.74, 6) is 5.89. The number of benzene rings is 3. The number of fused-ring (bicyclic) bond motifs is 2. The SMILES string of the molecule is N=c1ccc2c(-c3ccccc3S(=O)(=O)O)c3ccc(NN)cc3oc-2c1. The molecule has 1 heterocycles. The average molecular weight is 381 g/mol. The van der Waals surface area contributed by atoms with Gasteiger partial charge in [-0.3, -0.25) is 10.4 Å². The Morgan fingerprint density at radius 3 is 2.52 bits per heavy atom. The molecule has 27 heavy (non-hydrogen) atoms. The van der Waals surface area contributed by atoms with Crippen molar-refractivity contribution in [2.24, 2.45) is 5.84 Å². The fourth-order valence-electron chi connectivity index (χ4n) is 3.17. The molecule has 2 aliphatic rings. The normalized spacial score (nSPS) is 11.8. The van der Waals surface area contributed by atoms with Gasteiger partial charge in [-0.1, -0.05) is 18.2 Å². The monoisotopic (exact) mass is 381 g/mol. The van der Waals surface area contributed by atoms with Crippen molar-refractivity contribution in [3.8, 4) is 22.5 Å². The fraction of sp³-hybridized carbons (Fsp3) is 0. The molecular formula is C19H15N3O4S. The summed E-state index contributed by atoms with van der Waals surface area (Å²) in [7, 11) is -4.44. The highest BCUT2D eigenvalue weighted by Crippen LogP contribution is 2.42. The predicted octanol–water partition coefficient (Wildman–Crippen LogP) is 3.22. The maximum absolute atomic E-state index is 11.9. The molecule has 1 aliphatic heterocycles. The van der Waals surface area contributed by atoms with Crippen molar-refractivity contribution in [1.29, 1.82) is 5.41 Å².